The zero-order chi connectivity index (χ0) is 24.9. The number of oxime groups is 1. The molecular weight excluding hydrogens is 436 g/mol. The first-order chi connectivity index (χ1) is 16.4. The summed E-state index contributed by atoms with van der Waals surface area (Å²) in [5.41, 5.74) is 0.783. The minimum absolute atomic E-state index is 0.0136. The van der Waals surface area contributed by atoms with Crippen molar-refractivity contribution in [2.75, 3.05) is 19.7 Å². The van der Waals surface area contributed by atoms with Gasteiger partial charge in [-0.05, 0) is 50.8 Å². The third kappa shape index (κ3) is 8.24. The normalized spacial score (nSPS) is 20.0. The maximum Gasteiger partial charge on any atom is 0.342 e. The minimum atomic E-state index is -0.655. The number of benzene rings is 1. The van der Waals surface area contributed by atoms with Crippen LogP contribution in [-0.2, 0) is 20.8 Å². The van der Waals surface area contributed by atoms with Gasteiger partial charge in [0.15, 0.2) is 6.61 Å². The summed E-state index contributed by atoms with van der Waals surface area (Å²) >= 11 is 0. The molecule has 1 aromatic carbocycles. The van der Waals surface area contributed by atoms with Crippen molar-refractivity contribution in [1.29, 1.82) is 0 Å². The highest BCUT2D eigenvalue weighted by Gasteiger charge is 2.23. The lowest BCUT2D eigenvalue weighted by atomic mass is 9.99. The summed E-state index contributed by atoms with van der Waals surface area (Å²) in [6, 6.07) is 2.52. The van der Waals surface area contributed by atoms with E-state index in [-0.39, 0.29) is 42.1 Å². The van der Waals surface area contributed by atoms with Gasteiger partial charge in [0, 0.05) is 32.0 Å². The second-order valence-electron chi connectivity index (χ2n) is 8.10. The molecule has 0 aromatic heterocycles. The number of esters is 1. The number of rotatable bonds is 7. The van der Waals surface area contributed by atoms with Gasteiger partial charge in [0.2, 0.25) is 0 Å². The number of carbonyl (C=O) groups is 2. The predicted molar refractivity (Wildman–Crippen MR) is 131 cm³/mol. The number of allylic oxidation sites excluding steroid dienone is 3. The topological polar surface area (TPSA) is 109 Å². The standard InChI is InChI=1S/C26H36N2O6/c1-4-12-22-14-11-9-7-8-10-13-20(27-33-18-24(31)28(5-2)6-3)15-19-16-21(29)17-23(30)25(19)26(32)34-22/h9-11,13,16-17,22,29-30H,4-8,12,14-15,18H2,1-3H3/b11-9+,13-10+,27-20?. The van der Waals surface area contributed by atoms with Crippen molar-refractivity contribution < 1.29 is 29.4 Å². The molecule has 186 valence electrons. The Hall–Kier alpha value is -3.29. The average molecular weight is 473 g/mol. The first kappa shape index (κ1) is 27.0. The number of hydrogen-bond donors (Lipinski definition) is 2. The second kappa shape index (κ2) is 14.1. The Morgan fingerprint density at radius 2 is 1.88 bits per heavy atom. The van der Waals surface area contributed by atoms with Gasteiger partial charge in [-0.15, -0.1) is 0 Å². The Morgan fingerprint density at radius 3 is 2.59 bits per heavy atom. The molecule has 1 aromatic rings. The molecule has 2 rings (SSSR count). The number of likely N-dealkylation sites (N-methyl/N-ethyl adjacent to an activating group) is 1. The molecule has 0 bridgehead atoms. The second-order valence-corrected chi connectivity index (χ2v) is 8.10. The lowest BCUT2D eigenvalue weighted by molar-refractivity contribution is -0.135. The molecule has 1 atom stereocenters. The van der Waals surface area contributed by atoms with Crippen molar-refractivity contribution in [3.8, 4) is 11.5 Å². The molecule has 2 N–H and O–H groups in total. The molecule has 1 aliphatic rings. The van der Waals surface area contributed by atoms with Crippen LogP contribution in [0.25, 0.3) is 0 Å². The Balaban J connectivity index is 2.37. The Kier molecular flexibility index (Phi) is 11.2. The fraction of sp³-hybridized carbons (Fsp3) is 0.500. The Morgan fingerprint density at radius 1 is 1.15 bits per heavy atom. The van der Waals surface area contributed by atoms with Crippen LogP contribution in [0.5, 0.6) is 11.5 Å². The van der Waals surface area contributed by atoms with E-state index in [4.69, 9.17) is 9.57 Å². The molecule has 1 heterocycles. The van der Waals surface area contributed by atoms with E-state index in [9.17, 15) is 19.8 Å². The number of fused-ring (bicyclic) bond motifs is 1. The number of phenols is 2. The molecule has 0 saturated carbocycles. The summed E-state index contributed by atoms with van der Waals surface area (Å²) in [7, 11) is 0. The summed E-state index contributed by atoms with van der Waals surface area (Å²) in [6.07, 6.45) is 11.3. The van der Waals surface area contributed by atoms with Gasteiger partial charge >= 0.3 is 5.97 Å². The summed E-state index contributed by atoms with van der Waals surface area (Å²) in [4.78, 5) is 32.2. The Bertz CT molecular complexity index is 918. The number of carbonyl (C=O) groups excluding carboxylic acids is 2. The number of hydrogen-bond acceptors (Lipinski definition) is 7. The molecule has 0 spiro atoms. The van der Waals surface area contributed by atoms with E-state index >= 15 is 0 Å². The monoisotopic (exact) mass is 472 g/mol. The van der Waals surface area contributed by atoms with Crippen molar-refractivity contribution in [2.45, 2.75) is 65.4 Å². The van der Waals surface area contributed by atoms with Gasteiger partial charge in [0.25, 0.3) is 5.91 Å². The molecule has 0 saturated heterocycles. The minimum Gasteiger partial charge on any atom is -0.508 e. The van der Waals surface area contributed by atoms with E-state index < -0.39 is 5.97 Å². The van der Waals surface area contributed by atoms with Crippen LogP contribution in [0, 0.1) is 0 Å². The van der Waals surface area contributed by atoms with Crippen molar-refractivity contribution in [3.05, 3.63) is 47.6 Å². The van der Waals surface area contributed by atoms with Crippen molar-refractivity contribution in [3.63, 3.8) is 0 Å². The summed E-state index contributed by atoms with van der Waals surface area (Å²) in [5, 5.41) is 24.6. The number of cyclic esters (lactones) is 1. The van der Waals surface area contributed by atoms with E-state index in [0.29, 0.717) is 37.2 Å². The van der Waals surface area contributed by atoms with Crippen LogP contribution in [0.15, 0.2) is 41.6 Å². The number of ether oxygens (including phenoxy) is 1. The third-order valence-corrected chi connectivity index (χ3v) is 5.51. The van der Waals surface area contributed by atoms with Crippen LogP contribution in [0.1, 0.15) is 68.8 Å². The summed E-state index contributed by atoms with van der Waals surface area (Å²) in [6.45, 7) is 6.75. The zero-order valence-corrected chi connectivity index (χ0v) is 20.3. The number of phenolic OH excluding ortho intramolecular Hbond substituents is 2. The van der Waals surface area contributed by atoms with E-state index in [1.807, 2.05) is 39.0 Å². The highest BCUT2D eigenvalue weighted by Crippen LogP contribution is 2.30. The molecular formula is C26H36N2O6. The largest absolute Gasteiger partial charge is 0.508 e. The maximum absolute atomic E-state index is 13.0. The molecule has 1 unspecified atom stereocenters. The smallest absolute Gasteiger partial charge is 0.342 e. The summed E-state index contributed by atoms with van der Waals surface area (Å²) < 4.78 is 5.71. The molecule has 1 aliphatic heterocycles. The first-order valence-electron chi connectivity index (χ1n) is 11.9. The lowest BCUT2D eigenvalue weighted by Gasteiger charge is -2.18. The van der Waals surface area contributed by atoms with Gasteiger partial charge in [-0.2, -0.15) is 0 Å². The fourth-order valence-electron chi connectivity index (χ4n) is 3.73. The van der Waals surface area contributed by atoms with Crippen molar-refractivity contribution in [1.82, 2.24) is 4.90 Å². The van der Waals surface area contributed by atoms with Gasteiger partial charge in [-0.1, -0.05) is 36.7 Å². The molecule has 1 amide bonds. The van der Waals surface area contributed by atoms with E-state index in [1.54, 1.807) is 11.0 Å². The maximum atomic E-state index is 13.0. The molecule has 0 fully saturated rings. The molecule has 0 radical (unpaired) electrons. The molecule has 0 aliphatic carbocycles. The number of nitrogens with zero attached hydrogens (tertiary/aromatic N) is 2. The first-order valence-corrected chi connectivity index (χ1v) is 11.9. The van der Waals surface area contributed by atoms with Crippen LogP contribution in [0.2, 0.25) is 0 Å². The van der Waals surface area contributed by atoms with E-state index in [2.05, 4.69) is 5.16 Å². The van der Waals surface area contributed by atoms with Crippen LogP contribution in [0.4, 0.5) is 0 Å². The predicted octanol–water partition coefficient (Wildman–Crippen LogP) is 4.50. The quantitative estimate of drug-likeness (QED) is 0.344. The number of aromatic hydroxyl groups is 2. The van der Waals surface area contributed by atoms with Gasteiger partial charge < -0.3 is 24.7 Å². The Labute approximate surface area is 201 Å². The SMILES string of the molecule is CCCC1C/C=C/CC/C=C/C(=NOCC(=O)N(CC)CC)Cc2cc(O)cc(O)c2C(=O)O1. The zero-order valence-electron chi connectivity index (χ0n) is 20.3. The van der Waals surface area contributed by atoms with Crippen LogP contribution in [0.3, 0.4) is 0 Å². The lowest BCUT2D eigenvalue weighted by Crippen LogP contribution is -2.33. The van der Waals surface area contributed by atoms with E-state index in [1.165, 1.54) is 6.07 Å². The molecule has 34 heavy (non-hydrogen) atoms. The third-order valence-electron chi connectivity index (χ3n) is 5.51. The highest BCUT2D eigenvalue weighted by molar-refractivity contribution is 6.00. The van der Waals surface area contributed by atoms with Crippen LogP contribution >= 0.6 is 0 Å². The molecule has 8 nitrogen and oxygen atoms in total. The van der Waals surface area contributed by atoms with Crippen molar-refractivity contribution >= 4 is 17.6 Å². The van der Waals surface area contributed by atoms with Crippen LogP contribution < -0.4 is 0 Å². The van der Waals surface area contributed by atoms with Crippen LogP contribution in [-0.4, -0.2) is 58.5 Å². The van der Waals surface area contributed by atoms with E-state index in [0.717, 1.165) is 25.3 Å². The van der Waals surface area contributed by atoms with Gasteiger partial charge in [-0.3, -0.25) is 4.79 Å². The van der Waals surface area contributed by atoms with Crippen molar-refractivity contribution in [2.24, 2.45) is 5.16 Å². The van der Waals surface area contributed by atoms with Gasteiger partial charge in [0.05, 0.1) is 5.71 Å². The van der Waals surface area contributed by atoms with Gasteiger partial charge in [-0.25, -0.2) is 4.79 Å². The molecule has 8 heteroatoms. The fourth-order valence-corrected chi connectivity index (χ4v) is 3.73. The average Bonchev–Trinajstić information content (AvgIpc) is 2.78. The van der Waals surface area contributed by atoms with Gasteiger partial charge in [0.1, 0.15) is 23.2 Å². The number of amides is 1. The highest BCUT2D eigenvalue weighted by atomic mass is 16.6. The summed E-state index contributed by atoms with van der Waals surface area (Å²) in [5.74, 6) is -1.37.